The number of hydrogen-bond donors (Lipinski definition) is 0. The van der Waals surface area contributed by atoms with Crippen molar-refractivity contribution >= 4 is 11.6 Å². The molecule has 0 fully saturated rings. The van der Waals surface area contributed by atoms with Crippen molar-refractivity contribution in [2.24, 2.45) is 0 Å². The van der Waals surface area contributed by atoms with Gasteiger partial charge in [-0.25, -0.2) is 4.39 Å². The molecule has 0 spiro atoms. The van der Waals surface area contributed by atoms with Gasteiger partial charge in [0, 0.05) is 5.56 Å². The van der Waals surface area contributed by atoms with E-state index in [1.54, 1.807) is 30.3 Å². The maximum absolute atomic E-state index is 13.1. The first kappa shape index (κ1) is 12.5. The monoisotopic (exact) mass is 259 g/mol. The van der Waals surface area contributed by atoms with E-state index >= 15 is 0 Å². The summed E-state index contributed by atoms with van der Waals surface area (Å²) in [5.41, 5.74) is 0.636. The molecule has 2 rings (SSSR count). The van der Waals surface area contributed by atoms with Crippen LogP contribution in [0.4, 0.5) is 4.39 Å². The van der Waals surface area contributed by atoms with E-state index in [4.69, 9.17) is 22.8 Å². The van der Waals surface area contributed by atoms with Gasteiger partial charge in [0.2, 0.25) is 0 Å². The molecule has 0 heterocycles. The van der Waals surface area contributed by atoms with Crippen LogP contribution in [0.1, 0.15) is 11.7 Å². The van der Waals surface area contributed by atoms with Crippen molar-refractivity contribution in [3.63, 3.8) is 0 Å². The van der Waals surface area contributed by atoms with Gasteiger partial charge in [-0.05, 0) is 30.3 Å². The third-order valence-corrected chi connectivity index (χ3v) is 2.63. The Bertz CT molecular complexity index is 575. The topological polar surface area (TPSA) is 9.23 Å². The van der Waals surface area contributed by atoms with E-state index in [-0.39, 0.29) is 5.02 Å². The van der Waals surface area contributed by atoms with Crippen molar-refractivity contribution in [1.29, 1.82) is 0 Å². The minimum absolute atomic E-state index is 0.0257. The first-order chi connectivity index (χ1) is 8.70. The van der Waals surface area contributed by atoms with Crippen LogP contribution >= 0.6 is 11.6 Å². The lowest BCUT2D eigenvalue weighted by Gasteiger charge is -2.14. The molecule has 0 aliphatic heterocycles. The first-order valence-electron chi connectivity index (χ1n) is 5.24. The van der Waals surface area contributed by atoms with Gasteiger partial charge in [0.1, 0.15) is 11.6 Å². The molecule has 1 nitrogen and oxygen atoms in total. The number of ether oxygens (including phenoxy) is 1. The third kappa shape index (κ3) is 2.82. The smallest absolute Gasteiger partial charge is 0.184 e. The lowest BCUT2D eigenvalue weighted by molar-refractivity contribution is 0.265. The number of terminal acetylenes is 1. The normalized spacial score (nSPS) is 11.6. The molecule has 1 atom stereocenters. The van der Waals surface area contributed by atoms with E-state index in [1.807, 2.05) is 0 Å². The first-order valence-corrected chi connectivity index (χ1v) is 5.62. The van der Waals surface area contributed by atoms with Gasteiger partial charge >= 0.3 is 0 Å². The zero-order valence-electron chi connectivity index (χ0n) is 9.36. The molecule has 18 heavy (non-hydrogen) atoms. The zero-order chi connectivity index (χ0) is 13.0. The molecule has 0 aromatic heterocycles. The van der Waals surface area contributed by atoms with E-state index in [0.29, 0.717) is 11.3 Å². The Morgan fingerprint density at radius 3 is 2.61 bits per heavy atom. The van der Waals surface area contributed by atoms with Gasteiger partial charge in [-0.15, -0.1) is 6.42 Å². The van der Waals surface area contributed by atoms with Crippen LogP contribution in [0, 0.1) is 24.2 Å². The largest absolute Gasteiger partial charge is 0.473 e. The Balaban J connectivity index is 2.24. The highest BCUT2D eigenvalue weighted by molar-refractivity contribution is 6.30. The lowest BCUT2D eigenvalue weighted by Crippen LogP contribution is -2.05. The standard InChI is InChI=1S/C15H9ClFO/c1-2-15(18-12-6-4-3-5-7-12)11-8-9-14(17)13(16)10-11/h1,4-10,15H. The van der Waals surface area contributed by atoms with Crippen molar-refractivity contribution in [3.8, 4) is 18.1 Å². The summed E-state index contributed by atoms with van der Waals surface area (Å²) in [6, 6.07) is 14.1. The summed E-state index contributed by atoms with van der Waals surface area (Å²) in [4.78, 5) is 0. The molecular formula is C15H9ClFO. The van der Waals surface area contributed by atoms with Crippen molar-refractivity contribution < 1.29 is 9.13 Å². The summed E-state index contributed by atoms with van der Waals surface area (Å²) in [5.74, 6) is 2.64. The van der Waals surface area contributed by atoms with Crippen molar-refractivity contribution in [3.05, 3.63) is 64.9 Å². The molecule has 0 aliphatic rings. The summed E-state index contributed by atoms with van der Waals surface area (Å²) >= 11 is 5.71. The van der Waals surface area contributed by atoms with Crippen molar-refractivity contribution in [1.82, 2.24) is 0 Å². The molecule has 0 bridgehead atoms. The molecular weight excluding hydrogens is 251 g/mol. The average Bonchev–Trinajstić information content (AvgIpc) is 2.40. The third-order valence-electron chi connectivity index (χ3n) is 2.34. The number of halogens is 2. The van der Waals surface area contributed by atoms with Crippen molar-refractivity contribution in [2.45, 2.75) is 6.10 Å². The minimum atomic E-state index is -0.606. The molecule has 3 heteroatoms. The number of hydrogen-bond acceptors (Lipinski definition) is 1. The Labute approximate surface area is 110 Å². The van der Waals surface area contributed by atoms with Crippen LogP contribution in [0.3, 0.4) is 0 Å². The van der Waals surface area contributed by atoms with Crippen LogP contribution < -0.4 is 4.74 Å². The Hall–Kier alpha value is -1.98. The molecule has 89 valence electrons. The number of benzene rings is 2. The van der Waals surface area contributed by atoms with Gasteiger partial charge in [0.25, 0.3) is 0 Å². The van der Waals surface area contributed by atoms with E-state index in [9.17, 15) is 4.39 Å². The summed E-state index contributed by atoms with van der Waals surface area (Å²) < 4.78 is 18.7. The van der Waals surface area contributed by atoms with Gasteiger partial charge in [0.15, 0.2) is 6.10 Å². The van der Waals surface area contributed by atoms with Crippen LogP contribution in [0.2, 0.25) is 5.02 Å². The van der Waals surface area contributed by atoms with Gasteiger partial charge in [-0.3, -0.25) is 0 Å². The molecule has 0 N–H and O–H groups in total. The maximum Gasteiger partial charge on any atom is 0.184 e. The minimum Gasteiger partial charge on any atom is -0.473 e. The highest BCUT2D eigenvalue weighted by Crippen LogP contribution is 2.24. The van der Waals surface area contributed by atoms with E-state index in [2.05, 4.69) is 12.0 Å². The summed E-state index contributed by atoms with van der Waals surface area (Å²) in [7, 11) is 0. The summed E-state index contributed by atoms with van der Waals surface area (Å²) in [6.45, 7) is 0. The van der Waals surface area contributed by atoms with Crippen LogP contribution in [0.25, 0.3) is 0 Å². The van der Waals surface area contributed by atoms with Gasteiger partial charge in [-0.1, -0.05) is 35.7 Å². The predicted octanol–water partition coefficient (Wildman–Crippen LogP) is 4.03. The van der Waals surface area contributed by atoms with Crippen LogP contribution in [-0.4, -0.2) is 0 Å². The van der Waals surface area contributed by atoms with E-state index < -0.39 is 11.9 Å². The predicted molar refractivity (Wildman–Crippen MR) is 68.9 cm³/mol. The Kier molecular flexibility index (Phi) is 3.86. The van der Waals surface area contributed by atoms with Gasteiger partial charge in [-0.2, -0.15) is 0 Å². The SMILES string of the molecule is C#CC(Oc1cc[c]cc1)c1ccc(F)c(Cl)c1. The van der Waals surface area contributed by atoms with E-state index in [0.717, 1.165) is 0 Å². The molecule has 2 aromatic carbocycles. The molecule has 0 saturated carbocycles. The molecule has 1 radical (unpaired) electrons. The summed E-state index contributed by atoms with van der Waals surface area (Å²) in [6.07, 6.45) is 4.82. The molecule has 0 saturated heterocycles. The zero-order valence-corrected chi connectivity index (χ0v) is 10.1. The van der Waals surface area contributed by atoms with Gasteiger partial charge in [0.05, 0.1) is 5.02 Å². The summed E-state index contributed by atoms with van der Waals surface area (Å²) in [5, 5.41) is 0.0257. The van der Waals surface area contributed by atoms with Gasteiger partial charge < -0.3 is 4.74 Å². The Morgan fingerprint density at radius 2 is 2.00 bits per heavy atom. The van der Waals surface area contributed by atoms with Crippen LogP contribution in [0.5, 0.6) is 5.75 Å². The second kappa shape index (κ2) is 5.57. The highest BCUT2D eigenvalue weighted by Gasteiger charge is 2.12. The molecule has 0 aliphatic carbocycles. The molecule has 0 amide bonds. The fraction of sp³-hybridized carbons (Fsp3) is 0.0667. The second-order valence-corrected chi connectivity index (χ2v) is 3.98. The average molecular weight is 260 g/mol. The van der Waals surface area contributed by atoms with Crippen LogP contribution in [0.15, 0.2) is 42.5 Å². The quantitative estimate of drug-likeness (QED) is 0.756. The fourth-order valence-corrected chi connectivity index (χ4v) is 1.65. The molecule has 2 aromatic rings. The lowest BCUT2D eigenvalue weighted by atomic mass is 10.1. The van der Waals surface area contributed by atoms with E-state index in [1.165, 1.54) is 12.1 Å². The van der Waals surface area contributed by atoms with Crippen molar-refractivity contribution in [2.75, 3.05) is 0 Å². The second-order valence-electron chi connectivity index (χ2n) is 3.57. The highest BCUT2D eigenvalue weighted by atomic mass is 35.5. The number of rotatable bonds is 3. The fourth-order valence-electron chi connectivity index (χ4n) is 1.46. The van der Waals surface area contributed by atoms with Crippen LogP contribution in [-0.2, 0) is 0 Å². The Morgan fingerprint density at radius 1 is 1.28 bits per heavy atom. The molecule has 1 unspecified atom stereocenters. The maximum atomic E-state index is 13.1.